The van der Waals surface area contributed by atoms with Gasteiger partial charge in [0.05, 0.1) is 17.7 Å². The molecule has 132 valence electrons. The maximum absolute atomic E-state index is 13.3. The first kappa shape index (κ1) is 16.4. The molecule has 1 heterocycles. The van der Waals surface area contributed by atoms with Crippen LogP contribution in [0.3, 0.4) is 0 Å². The Hall–Kier alpha value is -1.12. The zero-order chi connectivity index (χ0) is 17.3. The summed E-state index contributed by atoms with van der Waals surface area (Å²) in [4.78, 5) is 15.0. The van der Waals surface area contributed by atoms with Crippen LogP contribution in [0.4, 0.5) is 0 Å². The number of aliphatic hydroxyl groups is 1. The summed E-state index contributed by atoms with van der Waals surface area (Å²) in [5.41, 5.74) is 5.69. The van der Waals surface area contributed by atoms with Crippen LogP contribution in [-0.4, -0.2) is 39.6 Å². The highest BCUT2D eigenvalue weighted by atomic mass is 16.3. The summed E-state index contributed by atoms with van der Waals surface area (Å²) in [6.07, 6.45) is 6.27. The highest BCUT2D eigenvalue weighted by Gasteiger charge is 2.61. The largest absolute Gasteiger partial charge is 0.390 e. The minimum atomic E-state index is -0.611. The molecular formula is C19H29N3O2. The van der Waals surface area contributed by atoms with Gasteiger partial charge >= 0.3 is 0 Å². The topological polar surface area (TPSA) is 90.4 Å². The number of nitrogens with zero attached hydrogens (tertiary/aromatic N) is 2. The van der Waals surface area contributed by atoms with Crippen LogP contribution in [0.5, 0.6) is 0 Å². The number of carbonyl (C=O) groups is 1. The third-order valence-electron chi connectivity index (χ3n) is 7.60. The fourth-order valence-corrected chi connectivity index (χ4v) is 6.76. The van der Waals surface area contributed by atoms with Gasteiger partial charge in [0, 0.05) is 6.04 Å². The molecule has 5 rings (SSSR count). The van der Waals surface area contributed by atoms with E-state index in [9.17, 15) is 15.2 Å². The van der Waals surface area contributed by atoms with Crippen LogP contribution in [0.2, 0.25) is 0 Å². The van der Waals surface area contributed by atoms with Gasteiger partial charge in [0.2, 0.25) is 5.91 Å². The Kier molecular flexibility index (Phi) is 3.54. The van der Waals surface area contributed by atoms with E-state index in [0.29, 0.717) is 24.2 Å². The molecule has 3 N–H and O–H groups in total. The van der Waals surface area contributed by atoms with E-state index in [4.69, 9.17) is 5.73 Å². The van der Waals surface area contributed by atoms with Gasteiger partial charge in [-0.2, -0.15) is 5.26 Å². The standard InChI is InChI=1S/C19H29N3O2/c1-11-3-15(9-20)22(12(11)2)17(23)16(21)18-5-13-4-14(6-18)8-19(24,7-13)10-18/h11-16,24H,3-8,10,21H2,1-2H3/t11-,12-,13?,14?,15-,16?,18?,19?/m0/s1. The van der Waals surface area contributed by atoms with Gasteiger partial charge in [0.25, 0.3) is 0 Å². The maximum Gasteiger partial charge on any atom is 0.241 e. The van der Waals surface area contributed by atoms with Crippen molar-refractivity contribution < 1.29 is 9.90 Å². The third kappa shape index (κ3) is 2.23. The van der Waals surface area contributed by atoms with Crippen molar-refractivity contribution in [2.75, 3.05) is 0 Å². The van der Waals surface area contributed by atoms with Gasteiger partial charge in [0.1, 0.15) is 6.04 Å². The summed E-state index contributed by atoms with van der Waals surface area (Å²) in [6.45, 7) is 4.13. The van der Waals surface area contributed by atoms with Crippen molar-refractivity contribution in [2.24, 2.45) is 28.9 Å². The molecule has 0 spiro atoms. The van der Waals surface area contributed by atoms with Gasteiger partial charge in [-0.3, -0.25) is 4.79 Å². The van der Waals surface area contributed by atoms with E-state index in [1.807, 2.05) is 6.92 Å². The van der Waals surface area contributed by atoms with Gasteiger partial charge in [-0.05, 0) is 75.0 Å². The van der Waals surface area contributed by atoms with Crippen LogP contribution < -0.4 is 5.73 Å². The lowest BCUT2D eigenvalue weighted by atomic mass is 9.46. The molecule has 0 aromatic rings. The first-order chi connectivity index (χ1) is 11.3. The summed E-state index contributed by atoms with van der Waals surface area (Å²) >= 11 is 0. The molecule has 24 heavy (non-hydrogen) atoms. The molecule has 1 saturated heterocycles. The lowest BCUT2D eigenvalue weighted by molar-refractivity contribution is -0.177. The summed E-state index contributed by atoms with van der Waals surface area (Å²) < 4.78 is 0. The Morgan fingerprint density at radius 3 is 2.42 bits per heavy atom. The summed E-state index contributed by atoms with van der Waals surface area (Å²) in [5, 5.41) is 20.4. The minimum absolute atomic E-state index is 0.0604. The number of rotatable bonds is 2. The Labute approximate surface area is 144 Å². The number of nitriles is 1. The lowest BCUT2D eigenvalue weighted by Gasteiger charge is -2.61. The predicted octanol–water partition coefficient (Wildman–Crippen LogP) is 1.79. The van der Waals surface area contributed by atoms with Crippen LogP contribution in [0.1, 0.15) is 58.8 Å². The second-order valence-electron chi connectivity index (χ2n) is 9.37. The Balaban J connectivity index is 1.61. The summed E-state index contributed by atoms with van der Waals surface area (Å²) in [5.74, 6) is 1.28. The lowest BCUT2D eigenvalue weighted by Crippen LogP contribution is -2.65. The molecule has 4 saturated carbocycles. The van der Waals surface area contributed by atoms with Gasteiger partial charge in [0.15, 0.2) is 0 Å². The number of hydrogen-bond acceptors (Lipinski definition) is 4. The van der Waals surface area contributed by atoms with E-state index in [-0.39, 0.29) is 23.4 Å². The van der Waals surface area contributed by atoms with Crippen LogP contribution in [0, 0.1) is 34.5 Å². The highest BCUT2D eigenvalue weighted by molar-refractivity contribution is 5.84. The van der Waals surface area contributed by atoms with Crippen molar-refractivity contribution in [3.63, 3.8) is 0 Å². The monoisotopic (exact) mass is 331 g/mol. The summed E-state index contributed by atoms with van der Waals surface area (Å²) in [7, 11) is 0. The number of nitrogens with two attached hydrogens (primary N) is 1. The van der Waals surface area contributed by atoms with Crippen molar-refractivity contribution >= 4 is 5.91 Å². The molecule has 0 aromatic heterocycles. The number of carbonyl (C=O) groups excluding carboxylic acids is 1. The van der Waals surface area contributed by atoms with E-state index >= 15 is 0 Å². The van der Waals surface area contributed by atoms with E-state index < -0.39 is 11.6 Å². The maximum atomic E-state index is 13.3. The molecular weight excluding hydrogens is 302 g/mol. The molecule has 5 heteroatoms. The highest BCUT2D eigenvalue weighted by Crippen LogP contribution is 2.62. The number of likely N-dealkylation sites (tertiary alicyclic amines) is 1. The third-order valence-corrected chi connectivity index (χ3v) is 7.60. The fraction of sp³-hybridized carbons (Fsp3) is 0.895. The van der Waals surface area contributed by atoms with Crippen molar-refractivity contribution in [3.8, 4) is 6.07 Å². The quantitative estimate of drug-likeness (QED) is 0.807. The number of hydrogen-bond donors (Lipinski definition) is 2. The Bertz CT molecular complexity index is 584. The van der Waals surface area contributed by atoms with Crippen LogP contribution in [0.15, 0.2) is 0 Å². The SMILES string of the molecule is C[C@H]1C[C@@H](C#N)N(C(=O)C(N)C23CC4CC(CC(O)(C4)C2)C3)[C@H]1C. The van der Waals surface area contributed by atoms with Crippen molar-refractivity contribution in [2.45, 2.75) is 82.5 Å². The van der Waals surface area contributed by atoms with Crippen molar-refractivity contribution in [3.05, 3.63) is 0 Å². The fourth-order valence-electron chi connectivity index (χ4n) is 6.76. The molecule has 4 aliphatic carbocycles. The van der Waals surface area contributed by atoms with Crippen molar-refractivity contribution in [1.82, 2.24) is 4.90 Å². The zero-order valence-corrected chi connectivity index (χ0v) is 14.7. The Morgan fingerprint density at radius 1 is 1.25 bits per heavy atom. The molecule has 0 aromatic carbocycles. The van der Waals surface area contributed by atoms with E-state index in [1.165, 1.54) is 6.42 Å². The molecule has 5 aliphatic rings. The Morgan fingerprint density at radius 2 is 1.88 bits per heavy atom. The van der Waals surface area contributed by atoms with E-state index in [0.717, 1.165) is 32.1 Å². The van der Waals surface area contributed by atoms with Gasteiger partial charge < -0.3 is 15.7 Å². The smallest absolute Gasteiger partial charge is 0.241 e. The second-order valence-corrected chi connectivity index (χ2v) is 9.37. The predicted molar refractivity (Wildman–Crippen MR) is 89.5 cm³/mol. The molecule has 1 amide bonds. The second kappa shape index (κ2) is 5.19. The molecule has 5 fully saturated rings. The van der Waals surface area contributed by atoms with Crippen molar-refractivity contribution in [1.29, 1.82) is 5.26 Å². The first-order valence-electron chi connectivity index (χ1n) is 9.47. The molecule has 0 radical (unpaired) electrons. The minimum Gasteiger partial charge on any atom is -0.390 e. The van der Waals surface area contributed by atoms with Gasteiger partial charge in [-0.1, -0.05) is 6.92 Å². The van der Waals surface area contributed by atoms with Gasteiger partial charge in [-0.15, -0.1) is 0 Å². The molecule has 5 nitrogen and oxygen atoms in total. The van der Waals surface area contributed by atoms with Crippen LogP contribution >= 0.6 is 0 Å². The van der Waals surface area contributed by atoms with E-state index in [2.05, 4.69) is 13.0 Å². The van der Waals surface area contributed by atoms with Gasteiger partial charge in [-0.25, -0.2) is 0 Å². The average Bonchev–Trinajstić information content (AvgIpc) is 2.78. The molecule has 4 bridgehead atoms. The normalized spacial score (nSPS) is 50.8. The number of amides is 1. The molecule has 6 atom stereocenters. The zero-order valence-electron chi connectivity index (χ0n) is 14.7. The van der Waals surface area contributed by atoms with E-state index in [1.54, 1.807) is 4.90 Å². The summed E-state index contributed by atoms with van der Waals surface area (Å²) in [6, 6.07) is 1.41. The molecule has 1 aliphatic heterocycles. The average molecular weight is 331 g/mol. The first-order valence-corrected chi connectivity index (χ1v) is 9.47. The molecule has 3 unspecified atom stereocenters. The van der Waals surface area contributed by atoms with Crippen LogP contribution in [0.25, 0.3) is 0 Å². The van der Waals surface area contributed by atoms with Crippen LogP contribution in [-0.2, 0) is 4.79 Å².